The monoisotopic (exact) mass is 487 g/mol. The number of halogens is 2. The molecule has 0 bridgehead atoms. The van der Waals surface area contributed by atoms with Crippen LogP contribution >= 0.6 is 0 Å². The van der Waals surface area contributed by atoms with Gasteiger partial charge in [-0.1, -0.05) is 69.8 Å². The summed E-state index contributed by atoms with van der Waals surface area (Å²) in [6.07, 6.45) is 0.690. The normalized spacial score (nSPS) is 13.3. The molecule has 6 N–H and O–H groups in total. The zero-order chi connectivity index (χ0) is 26.4. The molecule has 2 atom stereocenters. The highest BCUT2D eigenvalue weighted by atomic mass is 19.1. The molecule has 2 rings (SSSR count). The van der Waals surface area contributed by atoms with Crippen molar-refractivity contribution in [1.29, 1.82) is 0 Å². The Labute approximate surface area is 210 Å². The molecule has 0 fully saturated rings. The Kier molecular flexibility index (Phi) is 13.1. The van der Waals surface area contributed by atoms with Crippen molar-refractivity contribution in [2.24, 2.45) is 16.9 Å². The maximum absolute atomic E-state index is 13.5. The molecule has 0 aromatic heterocycles. The van der Waals surface area contributed by atoms with Gasteiger partial charge in [0, 0.05) is 43.1 Å². The van der Waals surface area contributed by atoms with Crippen LogP contribution in [0.4, 0.5) is 8.78 Å². The molecule has 194 valence electrons. The number of hydrogen-bond donors (Lipinski definition) is 4. The van der Waals surface area contributed by atoms with Crippen LogP contribution in [0.25, 0.3) is 5.70 Å². The number of hydrogen-bond acceptors (Lipinski definition) is 5. The van der Waals surface area contributed by atoms with Crippen LogP contribution in [0.15, 0.2) is 73.1 Å². The van der Waals surface area contributed by atoms with Gasteiger partial charge in [-0.3, -0.25) is 0 Å². The SMILES string of the molecule is C=C(CNC)N(CC(F)CN)C(C)C(C)(C)C.N/C(=C\NCc1ccccc1)c1cccc(F)c1. The lowest BCUT2D eigenvalue weighted by Gasteiger charge is -2.41. The van der Waals surface area contributed by atoms with Crippen LogP contribution < -0.4 is 22.1 Å². The third-order valence-electron chi connectivity index (χ3n) is 5.72. The Morgan fingerprint density at radius 1 is 1.14 bits per heavy atom. The van der Waals surface area contributed by atoms with Crippen molar-refractivity contribution in [1.82, 2.24) is 15.5 Å². The first kappa shape index (κ1) is 30.1. The number of likely N-dealkylation sites (N-methyl/N-ethyl adjacent to an activating group) is 1. The second-order valence-corrected chi connectivity index (χ2v) is 9.60. The number of alkyl halides is 1. The van der Waals surface area contributed by atoms with Gasteiger partial charge in [0.05, 0.1) is 12.2 Å². The lowest BCUT2D eigenvalue weighted by molar-refractivity contribution is 0.116. The molecular formula is C28H43F2N5. The largest absolute Gasteiger partial charge is 0.397 e. The van der Waals surface area contributed by atoms with Crippen molar-refractivity contribution in [2.45, 2.75) is 46.5 Å². The molecule has 0 heterocycles. The number of benzene rings is 2. The Morgan fingerprint density at radius 3 is 2.34 bits per heavy atom. The van der Waals surface area contributed by atoms with Gasteiger partial charge in [-0.2, -0.15) is 0 Å². The molecule has 2 unspecified atom stereocenters. The molecule has 0 spiro atoms. The molecule has 5 nitrogen and oxygen atoms in total. The fourth-order valence-corrected chi connectivity index (χ4v) is 3.25. The summed E-state index contributed by atoms with van der Waals surface area (Å²) >= 11 is 0. The van der Waals surface area contributed by atoms with E-state index in [2.05, 4.69) is 44.9 Å². The van der Waals surface area contributed by atoms with Gasteiger partial charge in [0.25, 0.3) is 0 Å². The number of nitrogens with one attached hydrogen (secondary N) is 2. The first-order valence-corrected chi connectivity index (χ1v) is 11.9. The highest BCUT2D eigenvalue weighted by molar-refractivity contribution is 5.62. The van der Waals surface area contributed by atoms with Crippen LogP contribution in [0.1, 0.15) is 38.8 Å². The first-order chi connectivity index (χ1) is 16.5. The summed E-state index contributed by atoms with van der Waals surface area (Å²) in [6.45, 7) is 14.3. The Hall–Kier alpha value is -2.90. The van der Waals surface area contributed by atoms with E-state index in [1.54, 1.807) is 18.3 Å². The third-order valence-corrected chi connectivity index (χ3v) is 5.72. The molecule has 0 radical (unpaired) electrons. The van der Waals surface area contributed by atoms with Crippen molar-refractivity contribution in [2.75, 3.05) is 26.7 Å². The molecule has 0 amide bonds. The van der Waals surface area contributed by atoms with Gasteiger partial charge in [0.15, 0.2) is 0 Å². The molecule has 7 heteroatoms. The highest BCUT2D eigenvalue weighted by Crippen LogP contribution is 2.26. The Balaban J connectivity index is 0.000000351. The lowest BCUT2D eigenvalue weighted by atomic mass is 9.86. The predicted octanol–water partition coefficient (Wildman–Crippen LogP) is 4.63. The van der Waals surface area contributed by atoms with E-state index in [1.165, 1.54) is 17.7 Å². The summed E-state index contributed by atoms with van der Waals surface area (Å²) < 4.78 is 26.5. The van der Waals surface area contributed by atoms with Gasteiger partial charge in [-0.05, 0) is 37.1 Å². The number of rotatable bonds is 11. The maximum Gasteiger partial charge on any atom is 0.130 e. The number of nitrogens with zero attached hydrogens (tertiary/aromatic N) is 1. The van der Waals surface area contributed by atoms with Crippen molar-refractivity contribution in [3.63, 3.8) is 0 Å². The highest BCUT2D eigenvalue weighted by Gasteiger charge is 2.28. The quantitative estimate of drug-likeness (QED) is 0.372. The van der Waals surface area contributed by atoms with Crippen molar-refractivity contribution < 1.29 is 8.78 Å². The Bertz CT molecular complexity index is 909. The minimum absolute atomic E-state index is 0.0558. The molecule has 35 heavy (non-hydrogen) atoms. The summed E-state index contributed by atoms with van der Waals surface area (Å²) in [6, 6.07) is 16.4. The van der Waals surface area contributed by atoms with Crippen LogP contribution in [0.2, 0.25) is 0 Å². The average Bonchev–Trinajstić information content (AvgIpc) is 2.82. The molecule has 0 aliphatic carbocycles. The standard InChI is InChI=1S/C15H15FN2.C13H28FN3/c16-14-8-4-7-13(9-14)15(17)11-18-10-12-5-2-1-3-6-12;1-10(8-16-6)17(9-12(14)7-15)11(2)13(3,4)5/h1-9,11,18H,10,17H2;11-12,16H,1,7-9,15H2,2-6H3/b15-11-;. The molecule has 2 aromatic carbocycles. The van der Waals surface area contributed by atoms with Crippen LogP contribution in [0, 0.1) is 11.2 Å². The van der Waals surface area contributed by atoms with Gasteiger partial charge in [0.2, 0.25) is 0 Å². The topological polar surface area (TPSA) is 79.3 Å². The molecule has 0 saturated heterocycles. The van der Waals surface area contributed by atoms with Gasteiger partial charge < -0.3 is 27.0 Å². The van der Waals surface area contributed by atoms with Crippen molar-refractivity contribution in [3.8, 4) is 0 Å². The van der Waals surface area contributed by atoms with E-state index in [0.717, 1.165) is 5.70 Å². The fraction of sp³-hybridized carbons (Fsp3) is 0.429. The van der Waals surface area contributed by atoms with E-state index in [0.29, 0.717) is 30.9 Å². The second-order valence-electron chi connectivity index (χ2n) is 9.60. The smallest absolute Gasteiger partial charge is 0.130 e. The van der Waals surface area contributed by atoms with Gasteiger partial charge >= 0.3 is 0 Å². The summed E-state index contributed by atoms with van der Waals surface area (Å²) in [5.41, 5.74) is 14.6. The van der Waals surface area contributed by atoms with Crippen LogP contribution in [-0.4, -0.2) is 43.8 Å². The van der Waals surface area contributed by atoms with E-state index < -0.39 is 6.17 Å². The lowest BCUT2D eigenvalue weighted by Crippen LogP contribution is -2.46. The zero-order valence-corrected chi connectivity index (χ0v) is 21.8. The van der Waals surface area contributed by atoms with Crippen molar-refractivity contribution in [3.05, 3.63) is 90.0 Å². The molecular weight excluding hydrogens is 444 g/mol. The van der Waals surface area contributed by atoms with E-state index in [1.807, 2.05) is 42.3 Å². The molecule has 0 aliphatic rings. The zero-order valence-electron chi connectivity index (χ0n) is 21.8. The maximum atomic E-state index is 13.5. The van der Waals surface area contributed by atoms with E-state index in [9.17, 15) is 8.78 Å². The molecule has 0 aliphatic heterocycles. The van der Waals surface area contributed by atoms with E-state index in [-0.39, 0.29) is 23.8 Å². The van der Waals surface area contributed by atoms with E-state index >= 15 is 0 Å². The number of nitrogens with two attached hydrogens (primary N) is 2. The molecule has 0 saturated carbocycles. The summed E-state index contributed by atoms with van der Waals surface area (Å²) in [5, 5.41) is 6.16. The second kappa shape index (κ2) is 15.2. The summed E-state index contributed by atoms with van der Waals surface area (Å²) in [5.74, 6) is -0.285. The van der Waals surface area contributed by atoms with E-state index in [4.69, 9.17) is 11.5 Å². The molecule has 2 aromatic rings. The summed E-state index contributed by atoms with van der Waals surface area (Å²) in [4.78, 5) is 2.02. The van der Waals surface area contributed by atoms with Gasteiger partial charge in [0.1, 0.15) is 12.0 Å². The minimum Gasteiger partial charge on any atom is -0.397 e. The van der Waals surface area contributed by atoms with Crippen molar-refractivity contribution >= 4 is 5.70 Å². The van der Waals surface area contributed by atoms with Crippen LogP contribution in [0.5, 0.6) is 0 Å². The third kappa shape index (κ3) is 11.4. The average molecular weight is 488 g/mol. The summed E-state index contributed by atoms with van der Waals surface area (Å²) in [7, 11) is 1.86. The first-order valence-electron chi connectivity index (χ1n) is 11.9. The van der Waals surface area contributed by atoms with Crippen LogP contribution in [0.3, 0.4) is 0 Å². The Morgan fingerprint density at radius 2 is 1.80 bits per heavy atom. The van der Waals surface area contributed by atoms with Gasteiger partial charge in [-0.15, -0.1) is 0 Å². The minimum atomic E-state index is -1.01. The van der Waals surface area contributed by atoms with Gasteiger partial charge in [-0.25, -0.2) is 8.78 Å². The predicted molar refractivity (Wildman–Crippen MR) is 144 cm³/mol. The van der Waals surface area contributed by atoms with Crippen LogP contribution in [-0.2, 0) is 6.54 Å². The fourth-order valence-electron chi connectivity index (χ4n) is 3.25.